The molecule has 0 atom stereocenters. The molecule has 8 heteroatoms. The molecule has 0 unspecified atom stereocenters. The summed E-state index contributed by atoms with van der Waals surface area (Å²) in [5.74, 6) is 0.854. The zero-order valence-corrected chi connectivity index (χ0v) is 20.6. The van der Waals surface area contributed by atoms with E-state index in [1.54, 1.807) is 28.8 Å². The molecule has 32 heavy (non-hydrogen) atoms. The summed E-state index contributed by atoms with van der Waals surface area (Å²) in [7, 11) is 0. The minimum atomic E-state index is -0.162. The summed E-state index contributed by atoms with van der Waals surface area (Å²) in [6.07, 6.45) is 3.10. The van der Waals surface area contributed by atoms with Gasteiger partial charge < -0.3 is 4.90 Å². The lowest BCUT2D eigenvalue weighted by Crippen LogP contribution is -2.32. The van der Waals surface area contributed by atoms with Crippen LogP contribution in [0.5, 0.6) is 0 Å². The average Bonchev–Trinajstić information content (AvgIpc) is 2.78. The van der Waals surface area contributed by atoms with Crippen molar-refractivity contribution in [2.45, 2.75) is 44.7 Å². The summed E-state index contributed by atoms with van der Waals surface area (Å²) in [5, 5.41) is 1.90. The highest BCUT2D eigenvalue weighted by Crippen LogP contribution is 2.27. The van der Waals surface area contributed by atoms with Gasteiger partial charge in [0.25, 0.3) is 5.56 Å². The number of halogens is 2. The molecule has 0 fully saturated rings. The summed E-state index contributed by atoms with van der Waals surface area (Å²) in [6, 6.07) is 12.4. The first kappa shape index (κ1) is 24.6. The number of carbonyl (C=O) groups excluding carboxylic acids is 1. The molecule has 0 radical (unpaired) electrons. The maximum Gasteiger partial charge on any atom is 0.266 e. The third kappa shape index (κ3) is 5.85. The smallest absolute Gasteiger partial charge is 0.266 e. The summed E-state index contributed by atoms with van der Waals surface area (Å²) < 4.78 is 1.57. The van der Waals surface area contributed by atoms with Gasteiger partial charge in [-0.2, -0.15) is 0 Å². The van der Waals surface area contributed by atoms with E-state index < -0.39 is 0 Å². The highest BCUT2D eigenvalue weighted by molar-refractivity contribution is 7.99. The fourth-order valence-corrected chi connectivity index (χ4v) is 4.75. The van der Waals surface area contributed by atoms with Crippen LogP contribution in [0.3, 0.4) is 0 Å². The van der Waals surface area contributed by atoms with E-state index in [4.69, 9.17) is 28.2 Å². The number of hydrogen-bond acceptors (Lipinski definition) is 4. The molecular weight excluding hydrogens is 465 g/mol. The molecule has 3 aromatic rings. The average molecular weight is 492 g/mol. The van der Waals surface area contributed by atoms with Crippen molar-refractivity contribution in [3.05, 3.63) is 62.9 Å². The Bertz CT molecular complexity index is 1140. The highest BCUT2D eigenvalue weighted by atomic mass is 35.5. The number of carbonyl (C=O) groups is 1. The van der Waals surface area contributed by atoms with Gasteiger partial charge >= 0.3 is 0 Å². The predicted molar refractivity (Wildman–Crippen MR) is 134 cm³/mol. The number of fused-ring (bicyclic) bond motifs is 1. The van der Waals surface area contributed by atoms with Gasteiger partial charge in [0.1, 0.15) is 0 Å². The summed E-state index contributed by atoms with van der Waals surface area (Å²) in [4.78, 5) is 32.5. The van der Waals surface area contributed by atoms with E-state index in [0.29, 0.717) is 50.4 Å². The number of amides is 1. The van der Waals surface area contributed by atoms with Crippen molar-refractivity contribution >= 4 is 51.8 Å². The SMILES string of the molecule is CCCN(CCC)C(=O)CCCSc1nc2ccccc2c(=O)n1-c1ccc(Cl)c(Cl)c1. The van der Waals surface area contributed by atoms with Gasteiger partial charge in [-0.3, -0.25) is 14.2 Å². The van der Waals surface area contributed by atoms with Crippen LogP contribution in [0.15, 0.2) is 52.4 Å². The number of benzene rings is 2. The van der Waals surface area contributed by atoms with E-state index in [-0.39, 0.29) is 11.5 Å². The molecule has 170 valence electrons. The zero-order chi connectivity index (χ0) is 23.1. The molecule has 0 aliphatic carbocycles. The second kappa shape index (κ2) is 11.7. The predicted octanol–water partition coefficient (Wildman–Crippen LogP) is 6.21. The molecule has 1 aromatic heterocycles. The summed E-state index contributed by atoms with van der Waals surface area (Å²) in [5.41, 5.74) is 1.09. The van der Waals surface area contributed by atoms with Gasteiger partial charge in [0.15, 0.2) is 5.16 Å². The number of aromatic nitrogens is 2. The first-order valence-corrected chi connectivity index (χ1v) is 12.6. The summed E-state index contributed by atoms with van der Waals surface area (Å²) >= 11 is 13.7. The van der Waals surface area contributed by atoms with Gasteiger partial charge in [-0.05, 0) is 49.6 Å². The molecule has 1 amide bonds. The lowest BCUT2D eigenvalue weighted by atomic mass is 10.2. The van der Waals surface area contributed by atoms with Gasteiger partial charge in [-0.15, -0.1) is 0 Å². The van der Waals surface area contributed by atoms with Crippen LogP contribution >= 0.6 is 35.0 Å². The molecule has 2 aromatic carbocycles. The van der Waals surface area contributed by atoms with E-state index >= 15 is 0 Å². The Labute approximate surface area is 202 Å². The van der Waals surface area contributed by atoms with Crippen LogP contribution in [0, 0.1) is 0 Å². The highest BCUT2D eigenvalue weighted by Gasteiger charge is 2.15. The molecule has 0 bridgehead atoms. The second-order valence-electron chi connectivity index (χ2n) is 7.48. The lowest BCUT2D eigenvalue weighted by molar-refractivity contribution is -0.131. The van der Waals surface area contributed by atoms with Crippen molar-refractivity contribution in [3.8, 4) is 5.69 Å². The maximum atomic E-state index is 13.3. The van der Waals surface area contributed by atoms with Gasteiger partial charge in [-0.1, -0.05) is 60.9 Å². The van der Waals surface area contributed by atoms with Crippen molar-refractivity contribution in [2.75, 3.05) is 18.8 Å². The van der Waals surface area contributed by atoms with Crippen LogP contribution in [-0.4, -0.2) is 39.2 Å². The Hall–Kier alpha value is -2.02. The normalized spacial score (nSPS) is 11.1. The molecule has 3 rings (SSSR count). The topological polar surface area (TPSA) is 55.2 Å². The van der Waals surface area contributed by atoms with E-state index in [1.807, 2.05) is 23.1 Å². The van der Waals surface area contributed by atoms with Crippen molar-refractivity contribution < 1.29 is 4.79 Å². The zero-order valence-electron chi connectivity index (χ0n) is 18.3. The van der Waals surface area contributed by atoms with Crippen molar-refractivity contribution in [1.29, 1.82) is 0 Å². The first-order chi connectivity index (χ1) is 15.5. The maximum absolute atomic E-state index is 13.3. The number of thioether (sulfide) groups is 1. The monoisotopic (exact) mass is 491 g/mol. The third-order valence-electron chi connectivity index (χ3n) is 5.01. The largest absolute Gasteiger partial charge is 0.343 e. The van der Waals surface area contributed by atoms with E-state index in [2.05, 4.69) is 13.8 Å². The Morgan fingerprint density at radius 1 is 1.06 bits per heavy atom. The molecule has 0 saturated carbocycles. The van der Waals surface area contributed by atoms with Crippen LogP contribution in [0.1, 0.15) is 39.5 Å². The fraction of sp³-hybridized carbons (Fsp3) is 0.375. The third-order valence-corrected chi connectivity index (χ3v) is 6.78. The second-order valence-corrected chi connectivity index (χ2v) is 9.36. The number of nitrogens with zero attached hydrogens (tertiary/aromatic N) is 3. The van der Waals surface area contributed by atoms with Gasteiger partial charge in [0.2, 0.25) is 5.91 Å². The van der Waals surface area contributed by atoms with E-state index in [9.17, 15) is 9.59 Å². The fourth-order valence-electron chi connectivity index (χ4n) is 3.51. The Balaban J connectivity index is 1.83. The molecule has 5 nitrogen and oxygen atoms in total. The quantitative estimate of drug-likeness (QED) is 0.192. The van der Waals surface area contributed by atoms with Crippen molar-refractivity contribution in [2.24, 2.45) is 0 Å². The molecule has 1 heterocycles. The van der Waals surface area contributed by atoms with Gasteiger partial charge in [0.05, 0.1) is 26.6 Å². The number of rotatable bonds is 10. The number of hydrogen-bond donors (Lipinski definition) is 0. The standard InChI is InChI=1S/C24H27Cl2N3O2S/c1-3-13-28(14-4-2)22(30)10-7-15-32-24-27-21-9-6-5-8-18(21)23(31)29(24)17-11-12-19(25)20(26)16-17/h5-6,8-9,11-12,16H,3-4,7,10,13-15H2,1-2H3. The van der Waals surface area contributed by atoms with Crippen LogP contribution in [-0.2, 0) is 4.79 Å². The Morgan fingerprint density at radius 3 is 2.47 bits per heavy atom. The Morgan fingerprint density at radius 2 is 1.78 bits per heavy atom. The Kier molecular flexibility index (Phi) is 9.02. The van der Waals surface area contributed by atoms with E-state index in [0.717, 1.165) is 25.9 Å². The van der Waals surface area contributed by atoms with Crippen LogP contribution in [0.4, 0.5) is 0 Å². The molecule has 0 saturated heterocycles. The molecule has 0 aliphatic rings. The minimum absolute atomic E-state index is 0.162. The van der Waals surface area contributed by atoms with Crippen LogP contribution < -0.4 is 5.56 Å². The minimum Gasteiger partial charge on any atom is -0.343 e. The molecule has 0 aliphatic heterocycles. The van der Waals surface area contributed by atoms with E-state index in [1.165, 1.54) is 11.8 Å². The van der Waals surface area contributed by atoms with Crippen molar-refractivity contribution in [1.82, 2.24) is 14.5 Å². The molecule has 0 spiro atoms. The molecular formula is C24H27Cl2N3O2S. The lowest BCUT2D eigenvalue weighted by Gasteiger charge is -2.21. The van der Waals surface area contributed by atoms with Crippen LogP contribution in [0.2, 0.25) is 10.0 Å². The summed E-state index contributed by atoms with van der Waals surface area (Å²) in [6.45, 7) is 5.75. The van der Waals surface area contributed by atoms with Gasteiger partial charge in [-0.25, -0.2) is 4.98 Å². The number of para-hydroxylation sites is 1. The first-order valence-electron chi connectivity index (χ1n) is 10.8. The van der Waals surface area contributed by atoms with Crippen molar-refractivity contribution in [3.63, 3.8) is 0 Å². The molecule has 0 N–H and O–H groups in total. The van der Waals surface area contributed by atoms with Gasteiger partial charge in [0, 0.05) is 25.3 Å². The van der Waals surface area contributed by atoms with Crippen LogP contribution in [0.25, 0.3) is 16.6 Å².